The molecule has 5 nitrogen and oxygen atoms in total. The fourth-order valence-electron chi connectivity index (χ4n) is 5.99. The highest BCUT2D eigenvalue weighted by molar-refractivity contribution is 14.0. The predicted octanol–water partition coefficient (Wildman–Crippen LogP) is 4.96. The van der Waals surface area contributed by atoms with Crippen LogP contribution in [0, 0.1) is 11.8 Å². The lowest BCUT2D eigenvalue weighted by atomic mass is 9.88. The third kappa shape index (κ3) is 7.31. The first-order valence-electron chi connectivity index (χ1n) is 12.7. The van der Waals surface area contributed by atoms with Gasteiger partial charge in [-0.3, -0.25) is 9.89 Å². The molecule has 0 radical (unpaired) electrons. The van der Waals surface area contributed by atoms with Crippen molar-refractivity contribution in [3.8, 4) is 0 Å². The van der Waals surface area contributed by atoms with E-state index in [1.165, 1.54) is 88.8 Å². The van der Waals surface area contributed by atoms with Crippen LogP contribution < -0.4 is 10.6 Å². The van der Waals surface area contributed by atoms with E-state index in [0.29, 0.717) is 18.0 Å². The number of hydrogen-bond acceptors (Lipinski definition) is 4. The molecule has 2 atom stereocenters. The van der Waals surface area contributed by atoms with E-state index in [2.05, 4.69) is 50.0 Å². The van der Waals surface area contributed by atoms with E-state index in [1.807, 2.05) is 18.4 Å². The second kappa shape index (κ2) is 13.5. The number of nitrogens with zero attached hydrogens (tertiary/aromatic N) is 3. The third-order valence-corrected chi connectivity index (χ3v) is 8.71. The summed E-state index contributed by atoms with van der Waals surface area (Å²) in [4.78, 5) is 11.3. The number of piperidine rings is 2. The SMILES string of the molecule is CN=C(NCC1CCCN(C)C1c1cccs1)NC1CCN(CC2CCCCC2)CC1.I. The molecule has 4 rings (SSSR count). The summed E-state index contributed by atoms with van der Waals surface area (Å²) in [5.74, 6) is 2.58. The quantitative estimate of drug-likeness (QED) is 0.287. The van der Waals surface area contributed by atoms with Crippen LogP contribution in [0.3, 0.4) is 0 Å². The third-order valence-electron chi connectivity index (χ3n) is 7.77. The first-order valence-corrected chi connectivity index (χ1v) is 13.5. The van der Waals surface area contributed by atoms with Gasteiger partial charge in [-0.1, -0.05) is 25.3 Å². The van der Waals surface area contributed by atoms with Gasteiger partial charge in [-0.15, -0.1) is 35.3 Å². The summed E-state index contributed by atoms with van der Waals surface area (Å²) < 4.78 is 0. The minimum atomic E-state index is 0. The van der Waals surface area contributed by atoms with Gasteiger partial charge in [0.15, 0.2) is 5.96 Å². The van der Waals surface area contributed by atoms with Crippen molar-refractivity contribution in [1.82, 2.24) is 20.4 Å². The number of halogens is 1. The van der Waals surface area contributed by atoms with Crippen LogP contribution in [0.1, 0.15) is 68.7 Å². The molecule has 32 heavy (non-hydrogen) atoms. The zero-order valence-corrected chi connectivity index (χ0v) is 23.2. The maximum Gasteiger partial charge on any atom is 0.191 e. The molecular weight excluding hydrogens is 529 g/mol. The summed E-state index contributed by atoms with van der Waals surface area (Å²) in [5, 5.41) is 9.62. The van der Waals surface area contributed by atoms with Gasteiger partial charge in [-0.05, 0) is 75.4 Å². The van der Waals surface area contributed by atoms with Gasteiger partial charge >= 0.3 is 0 Å². The molecule has 3 fully saturated rings. The van der Waals surface area contributed by atoms with E-state index in [0.717, 1.165) is 18.4 Å². The summed E-state index contributed by atoms with van der Waals surface area (Å²) in [6.07, 6.45) is 12.3. The molecule has 182 valence electrons. The second-order valence-corrected chi connectivity index (χ2v) is 11.0. The maximum atomic E-state index is 4.56. The molecule has 3 heterocycles. The molecule has 1 saturated carbocycles. The van der Waals surface area contributed by atoms with Gasteiger partial charge in [-0.2, -0.15) is 0 Å². The fraction of sp³-hybridized carbons (Fsp3) is 0.800. The fourth-order valence-corrected chi connectivity index (χ4v) is 6.98. The molecule has 2 unspecified atom stereocenters. The van der Waals surface area contributed by atoms with Gasteiger partial charge in [0.2, 0.25) is 0 Å². The van der Waals surface area contributed by atoms with Crippen molar-refractivity contribution in [3.05, 3.63) is 22.4 Å². The Morgan fingerprint density at radius 1 is 1.06 bits per heavy atom. The molecule has 0 aromatic carbocycles. The minimum absolute atomic E-state index is 0. The smallest absolute Gasteiger partial charge is 0.191 e. The number of aliphatic imine (C=N–C) groups is 1. The molecule has 7 heteroatoms. The Morgan fingerprint density at radius 2 is 1.84 bits per heavy atom. The molecule has 2 aliphatic heterocycles. The molecule has 0 bridgehead atoms. The molecule has 3 aliphatic rings. The van der Waals surface area contributed by atoms with Gasteiger partial charge in [0.05, 0.1) is 0 Å². The number of thiophene rings is 1. The van der Waals surface area contributed by atoms with Crippen LogP contribution in [-0.4, -0.2) is 68.6 Å². The van der Waals surface area contributed by atoms with Crippen molar-refractivity contribution in [2.24, 2.45) is 16.8 Å². The largest absolute Gasteiger partial charge is 0.356 e. The van der Waals surface area contributed by atoms with Gasteiger partial charge in [-0.25, -0.2) is 0 Å². The summed E-state index contributed by atoms with van der Waals surface area (Å²) in [5.41, 5.74) is 0. The Hall–Kier alpha value is -0.380. The van der Waals surface area contributed by atoms with Crippen LogP contribution in [0.4, 0.5) is 0 Å². The lowest BCUT2D eigenvalue weighted by Crippen LogP contribution is -2.51. The molecule has 1 aliphatic carbocycles. The van der Waals surface area contributed by atoms with E-state index in [1.54, 1.807) is 0 Å². The number of nitrogens with one attached hydrogen (secondary N) is 2. The number of likely N-dealkylation sites (tertiary alicyclic amines) is 2. The van der Waals surface area contributed by atoms with Crippen LogP contribution in [0.25, 0.3) is 0 Å². The second-order valence-electron chi connectivity index (χ2n) is 10.0. The van der Waals surface area contributed by atoms with Gasteiger partial charge in [0, 0.05) is 50.2 Å². The highest BCUT2D eigenvalue weighted by Gasteiger charge is 2.31. The lowest BCUT2D eigenvalue weighted by Gasteiger charge is -2.39. The van der Waals surface area contributed by atoms with Crippen LogP contribution in [0.2, 0.25) is 0 Å². The van der Waals surface area contributed by atoms with Crippen molar-refractivity contribution in [2.45, 2.75) is 69.9 Å². The van der Waals surface area contributed by atoms with E-state index in [-0.39, 0.29) is 24.0 Å². The van der Waals surface area contributed by atoms with Crippen molar-refractivity contribution in [2.75, 3.05) is 46.8 Å². The Balaban J connectivity index is 0.00000289. The minimum Gasteiger partial charge on any atom is -0.356 e. The predicted molar refractivity (Wildman–Crippen MR) is 148 cm³/mol. The lowest BCUT2D eigenvalue weighted by molar-refractivity contribution is 0.125. The van der Waals surface area contributed by atoms with Crippen molar-refractivity contribution in [3.63, 3.8) is 0 Å². The van der Waals surface area contributed by atoms with E-state index < -0.39 is 0 Å². The average molecular weight is 574 g/mol. The summed E-state index contributed by atoms with van der Waals surface area (Å²) in [7, 11) is 4.20. The topological polar surface area (TPSA) is 42.9 Å². The number of hydrogen-bond donors (Lipinski definition) is 2. The summed E-state index contributed by atoms with van der Waals surface area (Å²) in [6.45, 7) is 6.00. The molecule has 0 amide bonds. The highest BCUT2D eigenvalue weighted by Crippen LogP contribution is 2.36. The Labute approximate surface area is 216 Å². The van der Waals surface area contributed by atoms with Gasteiger partial charge in [0.25, 0.3) is 0 Å². The summed E-state index contributed by atoms with van der Waals surface area (Å²) >= 11 is 1.90. The zero-order valence-electron chi connectivity index (χ0n) is 20.1. The monoisotopic (exact) mass is 573 g/mol. The summed E-state index contributed by atoms with van der Waals surface area (Å²) in [6, 6.07) is 5.57. The van der Waals surface area contributed by atoms with Crippen LogP contribution in [0.5, 0.6) is 0 Å². The van der Waals surface area contributed by atoms with Gasteiger partial charge in [0.1, 0.15) is 0 Å². The van der Waals surface area contributed by atoms with E-state index >= 15 is 0 Å². The Bertz CT molecular complexity index is 668. The Kier molecular flexibility index (Phi) is 11.1. The van der Waals surface area contributed by atoms with E-state index in [4.69, 9.17) is 0 Å². The number of rotatable bonds is 6. The molecule has 0 spiro atoms. The number of guanidine groups is 1. The van der Waals surface area contributed by atoms with Crippen LogP contribution >= 0.6 is 35.3 Å². The Morgan fingerprint density at radius 3 is 2.53 bits per heavy atom. The zero-order chi connectivity index (χ0) is 21.5. The van der Waals surface area contributed by atoms with E-state index in [9.17, 15) is 0 Å². The molecular formula is C25H44IN5S. The standard InChI is InChI=1S/C25H43N5S.HI/c1-26-25(27-18-21-10-6-14-29(2)24(21)23-11-7-17-31-23)28-22-12-15-30(16-13-22)19-20-8-4-3-5-9-20;/h7,11,17,20-22,24H,3-6,8-10,12-16,18-19H2,1-2H3,(H2,26,27,28);1H. The van der Waals surface area contributed by atoms with Crippen molar-refractivity contribution < 1.29 is 0 Å². The normalized spacial score (nSPS) is 27.1. The van der Waals surface area contributed by atoms with Gasteiger partial charge < -0.3 is 15.5 Å². The molecule has 1 aromatic heterocycles. The van der Waals surface area contributed by atoms with Crippen LogP contribution in [0.15, 0.2) is 22.5 Å². The average Bonchev–Trinajstić information content (AvgIpc) is 3.33. The first-order chi connectivity index (χ1) is 15.2. The first kappa shape index (κ1) is 26.2. The van der Waals surface area contributed by atoms with Crippen molar-refractivity contribution in [1.29, 1.82) is 0 Å². The molecule has 2 N–H and O–H groups in total. The molecule has 1 aromatic rings. The van der Waals surface area contributed by atoms with Crippen LogP contribution in [-0.2, 0) is 0 Å². The molecule has 2 saturated heterocycles. The van der Waals surface area contributed by atoms with Crippen molar-refractivity contribution >= 4 is 41.3 Å². The highest BCUT2D eigenvalue weighted by atomic mass is 127. The maximum absolute atomic E-state index is 4.56.